The number of aromatic nitrogens is 1. The number of aliphatic hydroxyl groups is 1. The zero-order valence-corrected chi connectivity index (χ0v) is 16.1. The topological polar surface area (TPSA) is 36.4 Å². The zero-order valence-electron chi connectivity index (χ0n) is 16.1. The molecule has 2 heterocycles. The summed E-state index contributed by atoms with van der Waals surface area (Å²) >= 11 is 0. The fraction of sp³-hybridized carbons (Fsp3) is 0.522. The van der Waals surface area contributed by atoms with Gasteiger partial charge in [0.1, 0.15) is 5.60 Å². The molecule has 3 heteroatoms. The van der Waals surface area contributed by atoms with Crippen molar-refractivity contribution in [1.82, 2.24) is 9.88 Å². The molecule has 26 heavy (non-hydrogen) atoms. The number of benzene rings is 1. The van der Waals surface area contributed by atoms with Gasteiger partial charge < -0.3 is 5.11 Å². The monoisotopic (exact) mass is 352 g/mol. The van der Waals surface area contributed by atoms with E-state index in [4.69, 9.17) is 0 Å². The van der Waals surface area contributed by atoms with E-state index in [-0.39, 0.29) is 0 Å². The summed E-state index contributed by atoms with van der Waals surface area (Å²) in [5.74, 6) is 0. The van der Waals surface area contributed by atoms with E-state index in [1.165, 1.54) is 19.3 Å². The van der Waals surface area contributed by atoms with Gasteiger partial charge in [-0.2, -0.15) is 0 Å². The van der Waals surface area contributed by atoms with Crippen LogP contribution in [0.15, 0.2) is 54.7 Å². The van der Waals surface area contributed by atoms with Gasteiger partial charge in [-0.05, 0) is 70.2 Å². The Morgan fingerprint density at radius 1 is 1.00 bits per heavy atom. The van der Waals surface area contributed by atoms with Gasteiger partial charge in [0.2, 0.25) is 0 Å². The van der Waals surface area contributed by atoms with Gasteiger partial charge in [0.05, 0.1) is 5.69 Å². The van der Waals surface area contributed by atoms with Crippen LogP contribution in [-0.2, 0) is 5.60 Å². The van der Waals surface area contributed by atoms with Crippen LogP contribution in [0, 0.1) is 0 Å². The average Bonchev–Trinajstić information content (AvgIpc) is 2.68. The van der Waals surface area contributed by atoms with Crippen molar-refractivity contribution in [3.8, 4) is 0 Å². The van der Waals surface area contributed by atoms with E-state index in [2.05, 4.69) is 23.7 Å². The van der Waals surface area contributed by atoms with Crippen molar-refractivity contribution in [2.24, 2.45) is 0 Å². The highest BCUT2D eigenvalue weighted by molar-refractivity contribution is 5.31. The van der Waals surface area contributed by atoms with E-state index in [0.29, 0.717) is 18.5 Å². The van der Waals surface area contributed by atoms with E-state index in [1.54, 1.807) is 6.20 Å². The van der Waals surface area contributed by atoms with Crippen LogP contribution in [0.5, 0.6) is 0 Å². The molecule has 1 fully saturated rings. The number of piperidine rings is 1. The minimum absolute atomic E-state index is 0.683. The quantitative estimate of drug-likeness (QED) is 0.731. The van der Waals surface area contributed by atoms with Crippen molar-refractivity contribution in [3.05, 3.63) is 66.0 Å². The number of likely N-dealkylation sites (tertiary alicyclic amines) is 1. The van der Waals surface area contributed by atoms with Crippen molar-refractivity contribution in [3.63, 3.8) is 0 Å². The highest BCUT2D eigenvalue weighted by Crippen LogP contribution is 2.33. The van der Waals surface area contributed by atoms with E-state index >= 15 is 0 Å². The summed E-state index contributed by atoms with van der Waals surface area (Å²) in [6.07, 6.45) is 8.53. The highest BCUT2D eigenvalue weighted by atomic mass is 16.3. The summed E-state index contributed by atoms with van der Waals surface area (Å²) in [4.78, 5) is 7.10. The van der Waals surface area contributed by atoms with Crippen LogP contribution in [0.1, 0.15) is 63.6 Å². The van der Waals surface area contributed by atoms with Gasteiger partial charge in [0.15, 0.2) is 0 Å². The molecule has 3 atom stereocenters. The van der Waals surface area contributed by atoms with E-state index in [9.17, 15) is 5.11 Å². The molecule has 0 saturated carbocycles. The van der Waals surface area contributed by atoms with Crippen LogP contribution >= 0.6 is 0 Å². The predicted molar refractivity (Wildman–Crippen MR) is 107 cm³/mol. The average molecular weight is 353 g/mol. The van der Waals surface area contributed by atoms with Gasteiger partial charge in [-0.25, -0.2) is 0 Å². The third kappa shape index (κ3) is 4.33. The predicted octanol–water partition coefficient (Wildman–Crippen LogP) is 4.75. The van der Waals surface area contributed by atoms with Gasteiger partial charge in [-0.15, -0.1) is 0 Å². The fourth-order valence-electron chi connectivity index (χ4n) is 4.33. The molecule has 0 amide bonds. The van der Waals surface area contributed by atoms with Crippen molar-refractivity contribution >= 4 is 0 Å². The Bertz CT molecular complexity index is 609. The maximum absolute atomic E-state index is 11.5. The first-order valence-electron chi connectivity index (χ1n) is 10.1. The molecule has 0 bridgehead atoms. The molecule has 1 N–H and O–H groups in total. The lowest BCUT2D eigenvalue weighted by molar-refractivity contribution is 0.0584. The second kappa shape index (κ2) is 8.79. The lowest BCUT2D eigenvalue weighted by atomic mass is 9.85. The molecule has 0 radical (unpaired) electrons. The number of unbranched alkanes of at least 4 members (excludes halogenated alkanes) is 1. The normalized spacial score (nSPS) is 23.5. The lowest BCUT2D eigenvalue weighted by Gasteiger charge is -2.39. The first-order chi connectivity index (χ1) is 12.6. The van der Waals surface area contributed by atoms with E-state index < -0.39 is 5.60 Å². The first-order valence-corrected chi connectivity index (χ1v) is 10.1. The van der Waals surface area contributed by atoms with Crippen LogP contribution in [0.3, 0.4) is 0 Å². The highest BCUT2D eigenvalue weighted by Gasteiger charge is 2.32. The second-order valence-corrected chi connectivity index (χ2v) is 7.77. The minimum Gasteiger partial charge on any atom is -0.379 e. The molecule has 1 aromatic heterocycles. The minimum atomic E-state index is -1.01. The molecular weight excluding hydrogens is 320 g/mol. The second-order valence-electron chi connectivity index (χ2n) is 7.77. The first kappa shape index (κ1) is 19.1. The molecule has 2 aromatic rings. The Kier molecular flexibility index (Phi) is 6.44. The van der Waals surface area contributed by atoms with Gasteiger partial charge in [-0.1, -0.05) is 42.8 Å². The zero-order chi connectivity index (χ0) is 18.4. The number of pyridine rings is 1. The van der Waals surface area contributed by atoms with Gasteiger partial charge in [0.25, 0.3) is 0 Å². The molecule has 0 spiro atoms. The number of hydrogen-bond acceptors (Lipinski definition) is 3. The van der Waals surface area contributed by atoms with E-state index in [1.807, 2.05) is 48.5 Å². The van der Waals surface area contributed by atoms with Crippen LogP contribution in [0.4, 0.5) is 0 Å². The summed E-state index contributed by atoms with van der Waals surface area (Å²) in [6, 6.07) is 17.1. The maximum Gasteiger partial charge on any atom is 0.131 e. The van der Waals surface area contributed by atoms with Crippen LogP contribution in [-0.4, -0.2) is 33.6 Å². The maximum atomic E-state index is 11.5. The van der Waals surface area contributed by atoms with Crippen LogP contribution in [0.25, 0.3) is 0 Å². The van der Waals surface area contributed by atoms with E-state index in [0.717, 1.165) is 30.6 Å². The molecular formula is C23H32N2O. The summed E-state index contributed by atoms with van der Waals surface area (Å²) in [5.41, 5.74) is 0.658. The van der Waals surface area contributed by atoms with Gasteiger partial charge >= 0.3 is 0 Å². The smallest absolute Gasteiger partial charge is 0.131 e. The Labute approximate surface area is 158 Å². The Balaban J connectivity index is 1.66. The molecule has 1 aromatic carbocycles. The molecule has 0 aliphatic carbocycles. The van der Waals surface area contributed by atoms with Crippen LogP contribution < -0.4 is 0 Å². The standard InChI is InChI=1S/C23H32N2O/c1-19-11-10-12-20(2)25(19)18-9-7-16-23(26,21-13-4-3-5-14-21)22-15-6-8-17-24-22/h3-6,8,13-15,17,19-20,26H,7,9-12,16,18H2,1-2H3/t19-,20+,23-/m0/s1. The Morgan fingerprint density at radius 2 is 1.69 bits per heavy atom. The molecule has 140 valence electrons. The third-order valence-electron chi connectivity index (χ3n) is 5.92. The molecule has 1 aliphatic rings. The van der Waals surface area contributed by atoms with Crippen molar-refractivity contribution in [1.29, 1.82) is 0 Å². The summed E-state index contributed by atoms with van der Waals surface area (Å²) in [7, 11) is 0. The molecule has 3 rings (SSSR count). The van der Waals surface area contributed by atoms with Crippen LogP contribution in [0.2, 0.25) is 0 Å². The van der Waals surface area contributed by atoms with Gasteiger partial charge in [0, 0.05) is 18.3 Å². The Hall–Kier alpha value is -1.71. The molecule has 3 nitrogen and oxygen atoms in total. The van der Waals surface area contributed by atoms with Gasteiger partial charge in [-0.3, -0.25) is 9.88 Å². The molecule has 1 saturated heterocycles. The Morgan fingerprint density at radius 3 is 2.35 bits per heavy atom. The summed E-state index contributed by atoms with van der Waals surface area (Å²) in [6.45, 7) is 5.82. The number of hydrogen-bond donors (Lipinski definition) is 1. The lowest BCUT2D eigenvalue weighted by Crippen LogP contribution is -2.44. The largest absolute Gasteiger partial charge is 0.379 e. The summed E-state index contributed by atoms with van der Waals surface area (Å²) in [5, 5.41) is 11.5. The van der Waals surface area contributed by atoms with Crippen molar-refractivity contribution in [2.75, 3.05) is 6.54 Å². The summed E-state index contributed by atoms with van der Waals surface area (Å²) < 4.78 is 0. The fourth-order valence-corrected chi connectivity index (χ4v) is 4.33. The molecule has 0 unspecified atom stereocenters. The number of rotatable bonds is 7. The number of nitrogens with zero attached hydrogens (tertiary/aromatic N) is 2. The van der Waals surface area contributed by atoms with Crippen molar-refractivity contribution < 1.29 is 5.11 Å². The van der Waals surface area contributed by atoms with Crippen molar-refractivity contribution in [2.45, 2.75) is 70.1 Å². The third-order valence-corrected chi connectivity index (χ3v) is 5.92. The SMILES string of the molecule is C[C@@H]1CCC[C@H](C)N1CCCC[C@](O)(c1ccccc1)c1ccccn1. The molecule has 1 aliphatic heterocycles.